The third-order valence-corrected chi connectivity index (χ3v) is 2.56. The molecule has 1 N–H and O–H groups in total. The fraction of sp³-hybridized carbons (Fsp3) is 0.833. The van der Waals surface area contributed by atoms with Gasteiger partial charge in [-0.25, -0.2) is 0 Å². The SMILES string of the molecule is CCCCCC/C=C/C[C@H](O)[C@@H]1CO1. The van der Waals surface area contributed by atoms with Crippen LogP contribution in [0.15, 0.2) is 12.2 Å². The van der Waals surface area contributed by atoms with Crippen LogP contribution < -0.4 is 0 Å². The van der Waals surface area contributed by atoms with E-state index in [-0.39, 0.29) is 12.2 Å². The fourth-order valence-corrected chi connectivity index (χ4v) is 1.47. The molecule has 0 aromatic rings. The van der Waals surface area contributed by atoms with Crippen molar-refractivity contribution in [3.05, 3.63) is 12.2 Å². The number of hydrogen-bond donors (Lipinski definition) is 1. The highest BCUT2D eigenvalue weighted by Gasteiger charge is 2.29. The van der Waals surface area contributed by atoms with Gasteiger partial charge in [-0.15, -0.1) is 0 Å². The Balaban J connectivity index is 1.87. The van der Waals surface area contributed by atoms with Crippen LogP contribution in [-0.2, 0) is 4.74 Å². The second-order valence-electron chi connectivity index (χ2n) is 4.00. The molecule has 0 aromatic carbocycles. The molecule has 0 unspecified atom stereocenters. The molecule has 2 atom stereocenters. The van der Waals surface area contributed by atoms with Gasteiger partial charge < -0.3 is 9.84 Å². The summed E-state index contributed by atoms with van der Waals surface area (Å²) in [7, 11) is 0. The lowest BCUT2D eigenvalue weighted by Crippen LogP contribution is -2.12. The third kappa shape index (κ3) is 5.40. The Bertz CT molecular complexity index is 162. The van der Waals surface area contributed by atoms with Crippen LogP contribution in [-0.4, -0.2) is 23.9 Å². The van der Waals surface area contributed by atoms with Crippen LogP contribution in [0.3, 0.4) is 0 Å². The van der Waals surface area contributed by atoms with Gasteiger partial charge in [0.05, 0.1) is 12.7 Å². The average molecular weight is 198 g/mol. The van der Waals surface area contributed by atoms with Gasteiger partial charge >= 0.3 is 0 Å². The molecule has 0 amide bonds. The molecule has 1 saturated heterocycles. The topological polar surface area (TPSA) is 32.8 Å². The van der Waals surface area contributed by atoms with Crippen molar-refractivity contribution in [3.63, 3.8) is 0 Å². The molecule has 0 aliphatic carbocycles. The van der Waals surface area contributed by atoms with E-state index in [2.05, 4.69) is 19.1 Å². The van der Waals surface area contributed by atoms with Crippen LogP contribution in [0.25, 0.3) is 0 Å². The molecule has 2 heteroatoms. The van der Waals surface area contributed by atoms with Gasteiger partial charge in [-0.1, -0.05) is 38.3 Å². The second-order valence-corrected chi connectivity index (χ2v) is 4.00. The predicted octanol–water partition coefficient (Wildman–Crippen LogP) is 2.66. The van der Waals surface area contributed by atoms with Crippen molar-refractivity contribution in [3.8, 4) is 0 Å². The fourth-order valence-electron chi connectivity index (χ4n) is 1.47. The third-order valence-electron chi connectivity index (χ3n) is 2.56. The van der Waals surface area contributed by atoms with Crippen molar-refractivity contribution in [2.45, 2.75) is 57.7 Å². The summed E-state index contributed by atoms with van der Waals surface area (Å²) >= 11 is 0. The quantitative estimate of drug-likeness (QED) is 0.369. The van der Waals surface area contributed by atoms with Gasteiger partial charge in [-0.2, -0.15) is 0 Å². The first-order valence-electron chi connectivity index (χ1n) is 5.79. The first-order valence-corrected chi connectivity index (χ1v) is 5.79. The largest absolute Gasteiger partial charge is 0.390 e. The maximum absolute atomic E-state index is 9.45. The highest BCUT2D eigenvalue weighted by atomic mass is 16.6. The summed E-state index contributed by atoms with van der Waals surface area (Å²) in [5.74, 6) is 0. The van der Waals surface area contributed by atoms with Crippen LogP contribution in [0.1, 0.15) is 45.4 Å². The van der Waals surface area contributed by atoms with E-state index in [1.807, 2.05) is 0 Å². The molecule has 14 heavy (non-hydrogen) atoms. The molecule has 82 valence electrons. The summed E-state index contributed by atoms with van der Waals surface area (Å²) in [6, 6.07) is 0. The molecule has 1 fully saturated rings. The maximum Gasteiger partial charge on any atom is 0.107 e. The van der Waals surface area contributed by atoms with Crippen LogP contribution in [0, 0.1) is 0 Å². The predicted molar refractivity (Wildman–Crippen MR) is 58.3 cm³/mol. The molecule has 0 bridgehead atoms. The smallest absolute Gasteiger partial charge is 0.107 e. The van der Waals surface area contributed by atoms with E-state index in [1.54, 1.807) is 0 Å². The van der Waals surface area contributed by atoms with Gasteiger partial charge in [-0.05, 0) is 19.3 Å². The minimum Gasteiger partial charge on any atom is -0.390 e. The molecule has 1 heterocycles. The number of unbranched alkanes of at least 4 members (excludes halogenated alkanes) is 4. The standard InChI is InChI=1S/C12H22O2/c1-2-3-4-5-6-7-8-9-11(13)12-10-14-12/h7-8,11-13H,2-6,9-10H2,1H3/b8-7+/t11-,12-/m0/s1. The van der Waals surface area contributed by atoms with Crippen LogP contribution >= 0.6 is 0 Å². The van der Waals surface area contributed by atoms with Crippen molar-refractivity contribution in [1.82, 2.24) is 0 Å². The van der Waals surface area contributed by atoms with Crippen LogP contribution in [0.4, 0.5) is 0 Å². The molecule has 0 aromatic heterocycles. The number of aliphatic hydroxyl groups excluding tert-OH is 1. The van der Waals surface area contributed by atoms with Gasteiger partial charge in [0.1, 0.15) is 6.10 Å². The molecule has 0 spiro atoms. The molecule has 0 radical (unpaired) electrons. The highest BCUT2D eigenvalue weighted by Crippen LogP contribution is 2.16. The summed E-state index contributed by atoms with van der Waals surface area (Å²) in [4.78, 5) is 0. The number of epoxide rings is 1. The number of aliphatic hydroxyl groups is 1. The van der Waals surface area contributed by atoms with E-state index in [4.69, 9.17) is 4.74 Å². The lowest BCUT2D eigenvalue weighted by Gasteiger charge is -2.01. The van der Waals surface area contributed by atoms with E-state index in [0.717, 1.165) is 19.4 Å². The number of allylic oxidation sites excluding steroid dienone is 1. The van der Waals surface area contributed by atoms with Gasteiger partial charge in [0.25, 0.3) is 0 Å². The van der Waals surface area contributed by atoms with Gasteiger partial charge in [-0.3, -0.25) is 0 Å². The minimum atomic E-state index is -0.276. The summed E-state index contributed by atoms with van der Waals surface area (Å²) in [6.45, 7) is 2.97. The number of hydrogen-bond acceptors (Lipinski definition) is 2. The zero-order valence-electron chi connectivity index (χ0n) is 9.11. The van der Waals surface area contributed by atoms with Crippen molar-refractivity contribution in [2.24, 2.45) is 0 Å². The monoisotopic (exact) mass is 198 g/mol. The van der Waals surface area contributed by atoms with Crippen LogP contribution in [0.2, 0.25) is 0 Å². The summed E-state index contributed by atoms with van der Waals surface area (Å²) in [6.07, 6.45) is 11.3. The molecule has 2 nitrogen and oxygen atoms in total. The summed E-state index contributed by atoms with van der Waals surface area (Å²) in [5, 5.41) is 9.45. The summed E-state index contributed by atoms with van der Waals surface area (Å²) < 4.78 is 5.00. The maximum atomic E-state index is 9.45. The van der Waals surface area contributed by atoms with Crippen molar-refractivity contribution >= 4 is 0 Å². The van der Waals surface area contributed by atoms with E-state index in [1.165, 1.54) is 25.7 Å². The Kier molecular flexibility index (Phi) is 5.88. The van der Waals surface area contributed by atoms with E-state index < -0.39 is 0 Å². The molecule has 0 saturated carbocycles. The molecule has 1 aliphatic heterocycles. The Hall–Kier alpha value is -0.340. The Morgan fingerprint density at radius 3 is 2.79 bits per heavy atom. The summed E-state index contributed by atoms with van der Waals surface area (Å²) in [5.41, 5.74) is 0. The molecule has 1 aliphatic rings. The molecule has 1 rings (SSSR count). The zero-order valence-corrected chi connectivity index (χ0v) is 9.11. The van der Waals surface area contributed by atoms with Crippen molar-refractivity contribution < 1.29 is 9.84 Å². The first-order chi connectivity index (χ1) is 6.84. The van der Waals surface area contributed by atoms with Crippen molar-refractivity contribution in [1.29, 1.82) is 0 Å². The Morgan fingerprint density at radius 2 is 2.14 bits per heavy atom. The number of rotatable bonds is 8. The number of ether oxygens (including phenoxy) is 1. The Morgan fingerprint density at radius 1 is 1.36 bits per heavy atom. The van der Waals surface area contributed by atoms with Gasteiger partial charge in [0.15, 0.2) is 0 Å². The molecular formula is C12H22O2. The lowest BCUT2D eigenvalue weighted by molar-refractivity contribution is 0.138. The normalized spacial score (nSPS) is 22.9. The van der Waals surface area contributed by atoms with E-state index in [9.17, 15) is 5.11 Å². The average Bonchev–Trinajstić information content (AvgIpc) is 2.99. The van der Waals surface area contributed by atoms with Gasteiger partial charge in [0, 0.05) is 0 Å². The first kappa shape index (κ1) is 11.7. The lowest BCUT2D eigenvalue weighted by atomic mass is 10.1. The minimum absolute atomic E-state index is 0.125. The van der Waals surface area contributed by atoms with Crippen molar-refractivity contribution in [2.75, 3.05) is 6.61 Å². The van der Waals surface area contributed by atoms with E-state index in [0.29, 0.717) is 0 Å². The Labute approximate surface area is 87.0 Å². The van der Waals surface area contributed by atoms with Crippen LogP contribution in [0.5, 0.6) is 0 Å². The van der Waals surface area contributed by atoms with E-state index >= 15 is 0 Å². The molecular weight excluding hydrogens is 176 g/mol. The zero-order chi connectivity index (χ0) is 10.2. The highest BCUT2D eigenvalue weighted by molar-refractivity contribution is 4.89. The second kappa shape index (κ2) is 7.02. The van der Waals surface area contributed by atoms with Gasteiger partial charge in [0.2, 0.25) is 0 Å².